The maximum atomic E-state index is 13.8. The van der Waals surface area contributed by atoms with Crippen molar-refractivity contribution in [2.75, 3.05) is 16.8 Å². The summed E-state index contributed by atoms with van der Waals surface area (Å²) in [6.07, 6.45) is 1.42. The fourth-order valence-electron chi connectivity index (χ4n) is 2.58. The number of carbonyl (C=O) groups is 1. The molecule has 132 valence electrons. The first-order valence-electron chi connectivity index (χ1n) is 8.14. The van der Waals surface area contributed by atoms with Crippen LogP contribution in [0.4, 0.5) is 26.0 Å². The Morgan fingerprint density at radius 3 is 2.38 bits per heavy atom. The molecule has 1 amide bonds. The molecule has 1 N–H and O–H groups in total. The topological polar surface area (TPSA) is 45.2 Å². The first-order valence-corrected chi connectivity index (χ1v) is 8.14. The minimum absolute atomic E-state index is 0.184. The number of hydrogen-bond donors (Lipinski definition) is 1. The van der Waals surface area contributed by atoms with Gasteiger partial charge in [-0.2, -0.15) is 0 Å². The molecule has 0 saturated heterocycles. The summed E-state index contributed by atoms with van der Waals surface area (Å²) in [6.45, 7) is 2.36. The van der Waals surface area contributed by atoms with Crippen LogP contribution < -0.4 is 10.2 Å². The maximum absolute atomic E-state index is 13.8. The molecule has 0 aliphatic heterocycles. The number of amides is 1. The van der Waals surface area contributed by atoms with Gasteiger partial charge in [-0.15, -0.1) is 0 Å². The highest BCUT2D eigenvalue weighted by Gasteiger charge is 2.17. The third kappa shape index (κ3) is 3.69. The Balaban J connectivity index is 1.88. The van der Waals surface area contributed by atoms with Gasteiger partial charge in [0.15, 0.2) is 0 Å². The zero-order valence-electron chi connectivity index (χ0n) is 14.1. The van der Waals surface area contributed by atoms with Crippen LogP contribution in [-0.4, -0.2) is 17.4 Å². The zero-order chi connectivity index (χ0) is 18.5. The van der Waals surface area contributed by atoms with Crippen LogP contribution in [0, 0.1) is 11.6 Å². The number of halogens is 2. The first-order chi connectivity index (χ1) is 12.6. The number of aromatic nitrogens is 1. The summed E-state index contributed by atoms with van der Waals surface area (Å²) in [5.74, 6) is -1.51. The molecule has 0 aliphatic rings. The molecule has 0 spiro atoms. The van der Waals surface area contributed by atoms with Crippen molar-refractivity contribution in [1.29, 1.82) is 0 Å². The highest BCUT2D eigenvalue weighted by molar-refractivity contribution is 6.06. The van der Waals surface area contributed by atoms with Crippen molar-refractivity contribution in [2.24, 2.45) is 0 Å². The second-order valence-corrected chi connectivity index (χ2v) is 5.54. The lowest BCUT2D eigenvalue weighted by Crippen LogP contribution is -2.30. The van der Waals surface area contributed by atoms with Crippen LogP contribution in [0.2, 0.25) is 0 Å². The van der Waals surface area contributed by atoms with E-state index in [4.69, 9.17) is 0 Å². The average Bonchev–Trinajstić information content (AvgIpc) is 2.66. The Labute approximate surface area is 150 Å². The lowest BCUT2D eigenvalue weighted by molar-refractivity contribution is 0.0988. The van der Waals surface area contributed by atoms with Gasteiger partial charge in [0, 0.05) is 24.0 Å². The fraction of sp³-hybridized carbons (Fsp3) is 0.100. The van der Waals surface area contributed by atoms with E-state index in [1.54, 1.807) is 11.0 Å². The van der Waals surface area contributed by atoms with Gasteiger partial charge in [0.05, 0.1) is 0 Å². The lowest BCUT2D eigenvalue weighted by Gasteiger charge is -2.21. The Bertz CT molecular complexity index is 896. The highest BCUT2D eigenvalue weighted by Crippen LogP contribution is 2.23. The van der Waals surface area contributed by atoms with Crippen molar-refractivity contribution in [1.82, 2.24) is 4.98 Å². The highest BCUT2D eigenvalue weighted by atomic mass is 19.1. The molecule has 6 heteroatoms. The van der Waals surface area contributed by atoms with E-state index in [0.717, 1.165) is 17.8 Å². The molecule has 4 nitrogen and oxygen atoms in total. The molecule has 0 unspecified atom stereocenters. The minimum atomic E-state index is -0.733. The molecule has 0 radical (unpaired) electrons. The van der Waals surface area contributed by atoms with Crippen molar-refractivity contribution in [3.8, 4) is 0 Å². The standard InChI is InChI=1S/C20H17F2N3O/c1-2-25(15-7-4-3-5-8-15)20(26)14-11-12-23-18(13-14)24-19-16(21)9-6-10-17(19)22/h3-13H,2H2,1H3,(H,23,24). The number of para-hydroxylation sites is 2. The summed E-state index contributed by atoms with van der Waals surface area (Å²) >= 11 is 0. The zero-order valence-corrected chi connectivity index (χ0v) is 14.1. The number of rotatable bonds is 5. The SMILES string of the molecule is CCN(C(=O)c1ccnc(Nc2c(F)cccc2F)c1)c1ccccc1. The van der Waals surface area contributed by atoms with E-state index in [9.17, 15) is 13.6 Å². The van der Waals surface area contributed by atoms with E-state index in [1.165, 1.54) is 18.3 Å². The fourth-order valence-corrected chi connectivity index (χ4v) is 2.58. The predicted molar refractivity (Wildman–Crippen MR) is 97.7 cm³/mol. The Morgan fingerprint density at radius 1 is 1.04 bits per heavy atom. The second kappa shape index (κ2) is 7.74. The lowest BCUT2D eigenvalue weighted by atomic mass is 10.2. The van der Waals surface area contributed by atoms with Gasteiger partial charge in [-0.25, -0.2) is 13.8 Å². The molecular formula is C20H17F2N3O. The molecule has 2 aromatic carbocycles. The first kappa shape index (κ1) is 17.5. The molecule has 3 aromatic rings. The van der Waals surface area contributed by atoms with Gasteiger partial charge in [-0.1, -0.05) is 24.3 Å². The third-order valence-electron chi connectivity index (χ3n) is 3.85. The molecule has 0 saturated carbocycles. The van der Waals surface area contributed by atoms with E-state index < -0.39 is 11.6 Å². The third-order valence-corrected chi connectivity index (χ3v) is 3.85. The Kier molecular flexibility index (Phi) is 5.22. The summed E-state index contributed by atoms with van der Waals surface area (Å²) in [6, 6.07) is 15.9. The van der Waals surface area contributed by atoms with E-state index in [-0.39, 0.29) is 17.4 Å². The molecule has 0 atom stereocenters. The minimum Gasteiger partial charge on any atom is -0.335 e. The number of anilines is 3. The molecule has 1 heterocycles. The average molecular weight is 353 g/mol. The number of nitrogens with one attached hydrogen (secondary N) is 1. The molecule has 3 rings (SSSR count). The summed E-state index contributed by atoms with van der Waals surface area (Å²) < 4.78 is 27.6. The summed E-state index contributed by atoms with van der Waals surface area (Å²) in [5.41, 5.74) is 0.830. The van der Waals surface area contributed by atoms with Crippen LogP contribution in [0.25, 0.3) is 0 Å². The number of carbonyl (C=O) groups excluding carboxylic acids is 1. The van der Waals surface area contributed by atoms with E-state index in [2.05, 4.69) is 10.3 Å². The molecule has 0 bridgehead atoms. The van der Waals surface area contributed by atoms with Gasteiger partial charge >= 0.3 is 0 Å². The van der Waals surface area contributed by atoms with Crippen molar-refractivity contribution in [3.63, 3.8) is 0 Å². The largest absolute Gasteiger partial charge is 0.335 e. The van der Waals surface area contributed by atoms with Gasteiger partial charge in [0.2, 0.25) is 0 Å². The van der Waals surface area contributed by atoms with Crippen LogP contribution >= 0.6 is 0 Å². The van der Waals surface area contributed by atoms with Crippen molar-refractivity contribution < 1.29 is 13.6 Å². The molecule has 26 heavy (non-hydrogen) atoms. The van der Waals surface area contributed by atoms with Crippen LogP contribution in [0.5, 0.6) is 0 Å². The van der Waals surface area contributed by atoms with Crippen LogP contribution in [-0.2, 0) is 0 Å². The van der Waals surface area contributed by atoms with Crippen LogP contribution in [0.1, 0.15) is 17.3 Å². The van der Waals surface area contributed by atoms with E-state index >= 15 is 0 Å². The molecule has 0 aliphatic carbocycles. The number of hydrogen-bond acceptors (Lipinski definition) is 3. The molecule has 0 fully saturated rings. The van der Waals surface area contributed by atoms with Gasteiger partial charge in [0.25, 0.3) is 5.91 Å². The number of benzene rings is 2. The maximum Gasteiger partial charge on any atom is 0.258 e. The predicted octanol–water partition coefficient (Wildman–Crippen LogP) is 4.77. The van der Waals surface area contributed by atoms with Crippen molar-refractivity contribution in [2.45, 2.75) is 6.92 Å². The molecule has 1 aromatic heterocycles. The van der Waals surface area contributed by atoms with Crippen molar-refractivity contribution in [3.05, 3.63) is 84.1 Å². The summed E-state index contributed by atoms with van der Waals surface area (Å²) in [5, 5.41) is 2.60. The van der Waals surface area contributed by atoms with Gasteiger partial charge < -0.3 is 10.2 Å². The van der Waals surface area contributed by atoms with Crippen LogP contribution in [0.3, 0.4) is 0 Å². The summed E-state index contributed by atoms with van der Waals surface area (Å²) in [4.78, 5) is 18.5. The Morgan fingerprint density at radius 2 is 1.73 bits per heavy atom. The quantitative estimate of drug-likeness (QED) is 0.719. The van der Waals surface area contributed by atoms with E-state index in [1.807, 2.05) is 37.3 Å². The van der Waals surface area contributed by atoms with Gasteiger partial charge in [-0.05, 0) is 43.3 Å². The monoisotopic (exact) mass is 353 g/mol. The Hall–Kier alpha value is -3.28. The van der Waals surface area contributed by atoms with Gasteiger partial charge in [0.1, 0.15) is 23.1 Å². The van der Waals surface area contributed by atoms with Crippen molar-refractivity contribution >= 4 is 23.1 Å². The summed E-state index contributed by atoms with van der Waals surface area (Å²) in [7, 11) is 0. The number of pyridine rings is 1. The second-order valence-electron chi connectivity index (χ2n) is 5.54. The normalized spacial score (nSPS) is 10.4. The number of nitrogens with zero attached hydrogens (tertiary/aromatic N) is 2. The van der Waals surface area contributed by atoms with Crippen LogP contribution in [0.15, 0.2) is 66.9 Å². The van der Waals surface area contributed by atoms with Gasteiger partial charge in [-0.3, -0.25) is 4.79 Å². The van der Waals surface area contributed by atoms with E-state index in [0.29, 0.717) is 12.1 Å². The molecular weight excluding hydrogens is 336 g/mol. The smallest absolute Gasteiger partial charge is 0.258 e.